The zero-order valence-electron chi connectivity index (χ0n) is 11.7. The molecule has 0 aliphatic carbocycles. The van der Waals surface area contributed by atoms with E-state index in [2.05, 4.69) is 4.43 Å². The number of rotatable bonds is 6. The molecule has 1 rings (SSSR count). The second kappa shape index (κ2) is 7.67. The maximum atomic E-state index is 13.3. The van der Waals surface area contributed by atoms with Crippen molar-refractivity contribution in [1.29, 1.82) is 0 Å². The van der Waals surface area contributed by atoms with Crippen LogP contribution in [-0.4, -0.2) is 39.2 Å². The molecule has 0 atom stereocenters. The molecule has 0 saturated heterocycles. The maximum Gasteiger partial charge on any atom is 0.319 e. The highest BCUT2D eigenvalue weighted by Crippen LogP contribution is 2.26. The first-order valence-corrected chi connectivity index (χ1v) is 6.98. The number of benzene rings is 1. The standard InChI is InChI=1S/C11H13F5N2O4Si/c12-4-5(13)7(15)9(8(16)6(4)14)18-10(19)17-3-1-2-11(20,21)22-23/h20-21H,1-3H2,23H3,(H2,17,18,19). The molecule has 2 amide bonds. The predicted molar refractivity (Wildman–Crippen MR) is 70.7 cm³/mol. The van der Waals surface area contributed by atoms with E-state index in [-0.39, 0.29) is 29.9 Å². The van der Waals surface area contributed by atoms with Crippen LogP contribution >= 0.6 is 0 Å². The topological polar surface area (TPSA) is 90.8 Å². The van der Waals surface area contributed by atoms with Crippen LogP contribution in [0.15, 0.2) is 0 Å². The minimum absolute atomic E-state index is 0.0137. The van der Waals surface area contributed by atoms with Crippen LogP contribution in [0.25, 0.3) is 0 Å². The number of amides is 2. The number of carbonyl (C=O) groups is 1. The molecular weight excluding hydrogens is 347 g/mol. The molecule has 0 radical (unpaired) electrons. The molecule has 0 heterocycles. The molecule has 0 spiro atoms. The number of hydrogen-bond donors (Lipinski definition) is 4. The molecule has 23 heavy (non-hydrogen) atoms. The molecule has 130 valence electrons. The maximum absolute atomic E-state index is 13.3. The van der Waals surface area contributed by atoms with Crippen molar-refractivity contribution in [3.05, 3.63) is 29.1 Å². The van der Waals surface area contributed by atoms with Crippen LogP contribution in [0.3, 0.4) is 0 Å². The Kier molecular flexibility index (Phi) is 6.43. The summed E-state index contributed by atoms with van der Waals surface area (Å²) in [5.74, 6) is -13.4. The molecule has 0 bridgehead atoms. The third kappa shape index (κ3) is 4.85. The van der Waals surface area contributed by atoms with Gasteiger partial charge < -0.3 is 25.3 Å². The molecule has 12 heteroatoms. The number of carbonyl (C=O) groups excluding carboxylic acids is 1. The number of halogens is 5. The fourth-order valence-electron chi connectivity index (χ4n) is 1.50. The number of hydrogen-bond acceptors (Lipinski definition) is 4. The lowest BCUT2D eigenvalue weighted by atomic mass is 10.2. The lowest BCUT2D eigenvalue weighted by molar-refractivity contribution is -0.295. The van der Waals surface area contributed by atoms with Crippen LogP contribution in [0.2, 0.25) is 0 Å². The summed E-state index contributed by atoms with van der Waals surface area (Å²) in [6.07, 6.45) is -0.251. The summed E-state index contributed by atoms with van der Waals surface area (Å²) in [6, 6.07) is -1.23. The summed E-state index contributed by atoms with van der Waals surface area (Å²) in [7, 11) is 0.0565. The third-order valence-electron chi connectivity index (χ3n) is 2.74. The van der Waals surface area contributed by atoms with Crippen LogP contribution in [0, 0.1) is 29.1 Å². The third-order valence-corrected chi connectivity index (χ3v) is 3.39. The molecule has 1 aromatic carbocycles. The summed E-state index contributed by atoms with van der Waals surface area (Å²) >= 11 is 0. The van der Waals surface area contributed by atoms with Crippen molar-refractivity contribution in [2.45, 2.75) is 18.8 Å². The number of aliphatic hydroxyl groups is 2. The Morgan fingerprint density at radius 2 is 1.52 bits per heavy atom. The van der Waals surface area contributed by atoms with Gasteiger partial charge in [-0.2, -0.15) is 0 Å². The normalized spacial score (nSPS) is 11.6. The monoisotopic (exact) mass is 360 g/mol. The molecule has 0 fully saturated rings. The predicted octanol–water partition coefficient (Wildman–Crippen LogP) is 0.219. The lowest BCUT2D eigenvalue weighted by Gasteiger charge is -2.19. The highest BCUT2D eigenvalue weighted by atomic mass is 28.2. The number of anilines is 1. The smallest absolute Gasteiger partial charge is 0.319 e. The van der Waals surface area contributed by atoms with Gasteiger partial charge in [-0.3, -0.25) is 0 Å². The van der Waals surface area contributed by atoms with Gasteiger partial charge in [0, 0.05) is 13.0 Å². The first kappa shape index (κ1) is 19.3. The van der Waals surface area contributed by atoms with E-state index >= 15 is 0 Å². The highest BCUT2D eigenvalue weighted by molar-refractivity contribution is 5.98. The van der Waals surface area contributed by atoms with Crippen molar-refractivity contribution in [3.8, 4) is 0 Å². The van der Waals surface area contributed by atoms with Gasteiger partial charge >= 0.3 is 6.03 Å². The molecule has 0 aromatic heterocycles. The van der Waals surface area contributed by atoms with E-state index in [0.717, 1.165) is 0 Å². The van der Waals surface area contributed by atoms with E-state index < -0.39 is 46.8 Å². The Labute approximate surface area is 129 Å². The van der Waals surface area contributed by atoms with E-state index in [1.807, 2.05) is 5.32 Å². The van der Waals surface area contributed by atoms with Crippen molar-refractivity contribution < 1.29 is 41.4 Å². The molecule has 0 aliphatic heterocycles. The quantitative estimate of drug-likeness (QED) is 0.146. The number of nitrogens with one attached hydrogen (secondary N) is 2. The van der Waals surface area contributed by atoms with Crippen LogP contribution in [-0.2, 0) is 4.43 Å². The van der Waals surface area contributed by atoms with Gasteiger partial charge in [-0.15, -0.1) is 0 Å². The highest BCUT2D eigenvalue weighted by Gasteiger charge is 2.27. The van der Waals surface area contributed by atoms with Crippen molar-refractivity contribution in [1.82, 2.24) is 5.32 Å². The van der Waals surface area contributed by atoms with Crippen molar-refractivity contribution >= 4 is 22.2 Å². The second-order valence-electron chi connectivity index (χ2n) is 4.38. The van der Waals surface area contributed by atoms with Gasteiger partial charge in [-0.05, 0) is 6.42 Å². The van der Waals surface area contributed by atoms with E-state index in [1.54, 1.807) is 0 Å². The van der Waals surface area contributed by atoms with Crippen molar-refractivity contribution in [3.63, 3.8) is 0 Å². The zero-order valence-corrected chi connectivity index (χ0v) is 13.7. The van der Waals surface area contributed by atoms with Gasteiger partial charge in [0.25, 0.3) is 5.97 Å². The largest absolute Gasteiger partial charge is 0.381 e. The van der Waals surface area contributed by atoms with Crippen molar-refractivity contribution in [2.75, 3.05) is 11.9 Å². The average Bonchev–Trinajstić information content (AvgIpc) is 2.52. The Hall–Kier alpha value is -1.76. The van der Waals surface area contributed by atoms with Crippen molar-refractivity contribution in [2.24, 2.45) is 0 Å². The SMILES string of the molecule is O=C(NCCCC(O)(O)O[SiH3])Nc1c(F)c(F)c(F)c(F)c1F. The summed E-state index contributed by atoms with van der Waals surface area (Å²) < 4.78 is 69.7. The molecule has 0 saturated carbocycles. The lowest BCUT2D eigenvalue weighted by Crippen LogP contribution is -2.34. The van der Waals surface area contributed by atoms with Crippen LogP contribution in [0.5, 0.6) is 0 Å². The van der Waals surface area contributed by atoms with E-state index in [1.165, 1.54) is 5.32 Å². The fraction of sp³-hybridized carbons (Fsp3) is 0.364. The number of urea groups is 1. The first-order chi connectivity index (χ1) is 10.6. The summed E-state index contributed by atoms with van der Waals surface area (Å²) in [4.78, 5) is 11.4. The Balaban J connectivity index is 2.66. The van der Waals surface area contributed by atoms with Crippen LogP contribution in [0.1, 0.15) is 12.8 Å². The minimum atomic E-state index is -2.34. The Bertz CT molecular complexity index is 573. The molecule has 0 aliphatic rings. The average molecular weight is 360 g/mol. The zero-order chi connectivity index (χ0) is 17.8. The summed E-state index contributed by atoms with van der Waals surface area (Å²) in [6.45, 7) is -0.172. The Morgan fingerprint density at radius 1 is 1.04 bits per heavy atom. The first-order valence-electron chi connectivity index (χ1n) is 6.17. The molecule has 6 nitrogen and oxygen atoms in total. The fourth-order valence-corrected chi connectivity index (χ4v) is 1.70. The summed E-state index contributed by atoms with van der Waals surface area (Å²) in [5, 5.41) is 21.8. The van der Waals surface area contributed by atoms with Gasteiger partial charge in [0.05, 0.1) is 0 Å². The second-order valence-corrected chi connectivity index (χ2v) is 4.78. The van der Waals surface area contributed by atoms with Gasteiger partial charge in [0.2, 0.25) is 5.82 Å². The van der Waals surface area contributed by atoms with E-state index in [9.17, 15) is 26.7 Å². The van der Waals surface area contributed by atoms with Gasteiger partial charge in [0.1, 0.15) is 5.69 Å². The molecule has 1 aromatic rings. The molecule has 0 unspecified atom stereocenters. The molecular formula is C11H13F5N2O4Si. The van der Waals surface area contributed by atoms with Crippen LogP contribution in [0.4, 0.5) is 32.4 Å². The minimum Gasteiger partial charge on any atom is -0.381 e. The Morgan fingerprint density at radius 3 is 2.00 bits per heavy atom. The van der Waals surface area contributed by atoms with Gasteiger partial charge in [-0.1, -0.05) is 0 Å². The van der Waals surface area contributed by atoms with E-state index in [0.29, 0.717) is 0 Å². The summed E-state index contributed by atoms with van der Waals surface area (Å²) in [5.41, 5.74) is -1.49. The molecule has 4 N–H and O–H groups in total. The van der Waals surface area contributed by atoms with E-state index in [4.69, 9.17) is 10.2 Å². The van der Waals surface area contributed by atoms with Gasteiger partial charge in [-0.25, -0.2) is 26.7 Å². The van der Waals surface area contributed by atoms with Gasteiger partial charge in [0.15, 0.2) is 33.8 Å². The van der Waals surface area contributed by atoms with Crippen LogP contribution < -0.4 is 10.6 Å².